The van der Waals surface area contributed by atoms with E-state index in [0.717, 1.165) is 17.6 Å². The van der Waals surface area contributed by atoms with Crippen molar-refractivity contribution in [3.05, 3.63) is 130 Å². The van der Waals surface area contributed by atoms with Crippen LogP contribution in [0, 0.1) is 23.7 Å². The van der Waals surface area contributed by atoms with Crippen molar-refractivity contribution in [3.8, 4) is 11.5 Å². The number of halogens is 1. The average Bonchev–Trinajstić information content (AvgIpc) is 3.52. The number of allylic oxidation sites excluding steroid dienone is 2. The summed E-state index contributed by atoms with van der Waals surface area (Å²) in [5.74, 6) is -4.77. The largest absolute Gasteiger partial charge is 0.508 e. The highest BCUT2D eigenvalue weighted by Crippen LogP contribution is 2.65. The van der Waals surface area contributed by atoms with Gasteiger partial charge in [0.1, 0.15) is 11.5 Å². The summed E-state index contributed by atoms with van der Waals surface area (Å²) in [5.41, 5.74) is 2.31. The van der Waals surface area contributed by atoms with E-state index in [1.807, 2.05) is 67.6 Å². The van der Waals surface area contributed by atoms with Crippen LogP contribution < -0.4 is 14.5 Å². The smallest absolute Gasteiger partial charge is 0.246 e. The number of imide groups is 2. The maximum Gasteiger partial charge on any atom is 0.246 e. The third-order valence-corrected chi connectivity index (χ3v) is 11.6. The summed E-state index contributed by atoms with van der Waals surface area (Å²) in [6.07, 6.45) is 3.26. The SMILES string of the molecule is CCc1ccc(N2C(=O)C3CC=C4C(CC5C(=O)N(c6cccc(Cl)c6)C(=O)C5(c5ccccc5)C4c4ccc(OC)cc4O)C3C2=O)cc1. The number of aryl methyl sites for hydroxylation is 1. The Labute approximate surface area is 294 Å². The Morgan fingerprint density at radius 2 is 1.58 bits per heavy atom. The standard InChI is InChI=1S/C41H35ClN2O6/c1-3-23-12-14-26(15-13-23)43-37(46)31-19-18-29-32(35(31)39(43)48)22-33-38(47)44(27-11-7-10-25(42)20-27)40(49)41(33,24-8-5-4-6-9-24)36(29)30-17-16-28(50-2)21-34(30)45/h4-18,20-21,31-33,35-36,45H,3,19,22H2,1-2H3. The predicted octanol–water partition coefficient (Wildman–Crippen LogP) is 6.98. The van der Waals surface area contributed by atoms with E-state index in [2.05, 4.69) is 0 Å². The molecule has 1 N–H and O–H groups in total. The summed E-state index contributed by atoms with van der Waals surface area (Å²) >= 11 is 6.39. The molecule has 4 amide bonds. The van der Waals surface area contributed by atoms with Gasteiger partial charge >= 0.3 is 0 Å². The van der Waals surface area contributed by atoms with Crippen LogP contribution in [-0.2, 0) is 31.0 Å². The van der Waals surface area contributed by atoms with Crippen molar-refractivity contribution in [3.63, 3.8) is 0 Å². The number of methoxy groups -OCH3 is 1. The summed E-state index contributed by atoms with van der Waals surface area (Å²) in [5, 5.41) is 12.0. The van der Waals surface area contributed by atoms with Gasteiger partial charge in [-0.05, 0) is 72.7 Å². The van der Waals surface area contributed by atoms with Crippen molar-refractivity contribution in [2.24, 2.45) is 23.7 Å². The van der Waals surface area contributed by atoms with Crippen molar-refractivity contribution in [1.82, 2.24) is 0 Å². The second-order valence-corrected chi connectivity index (χ2v) is 14.0. The average molecular weight is 687 g/mol. The maximum atomic E-state index is 15.3. The molecule has 0 aromatic heterocycles. The summed E-state index contributed by atoms with van der Waals surface area (Å²) in [6.45, 7) is 2.04. The number of fused-ring (bicyclic) bond motifs is 4. The summed E-state index contributed by atoms with van der Waals surface area (Å²) in [7, 11) is 1.50. The molecule has 2 heterocycles. The third kappa shape index (κ3) is 4.51. The zero-order chi connectivity index (χ0) is 34.9. The first kappa shape index (κ1) is 32.0. The zero-order valence-corrected chi connectivity index (χ0v) is 28.3. The molecule has 0 spiro atoms. The number of carbonyl (C=O) groups excluding carboxylic acids is 4. The van der Waals surface area contributed by atoms with E-state index in [4.69, 9.17) is 16.3 Å². The minimum Gasteiger partial charge on any atom is -0.508 e. The molecule has 6 atom stereocenters. The van der Waals surface area contributed by atoms with Crippen LogP contribution in [0.25, 0.3) is 0 Å². The van der Waals surface area contributed by atoms with Gasteiger partial charge in [-0.2, -0.15) is 0 Å². The van der Waals surface area contributed by atoms with Crippen LogP contribution >= 0.6 is 11.6 Å². The van der Waals surface area contributed by atoms with Gasteiger partial charge in [-0.3, -0.25) is 24.1 Å². The Balaban J connectivity index is 1.34. The van der Waals surface area contributed by atoms with Gasteiger partial charge < -0.3 is 9.84 Å². The zero-order valence-electron chi connectivity index (χ0n) is 27.6. The number of ether oxygens (including phenoxy) is 1. The highest BCUT2D eigenvalue weighted by atomic mass is 35.5. The highest BCUT2D eigenvalue weighted by Gasteiger charge is 2.70. The fourth-order valence-electron chi connectivity index (χ4n) is 9.12. The molecular weight excluding hydrogens is 652 g/mol. The first-order valence-corrected chi connectivity index (χ1v) is 17.3. The Morgan fingerprint density at radius 1 is 0.820 bits per heavy atom. The van der Waals surface area contributed by atoms with Gasteiger partial charge in [0.25, 0.3) is 0 Å². The van der Waals surface area contributed by atoms with Gasteiger partial charge in [-0.25, -0.2) is 4.90 Å². The molecule has 2 aliphatic carbocycles. The van der Waals surface area contributed by atoms with Crippen LogP contribution in [0.5, 0.6) is 11.5 Å². The lowest BCUT2D eigenvalue weighted by Crippen LogP contribution is -2.53. The number of hydrogen-bond acceptors (Lipinski definition) is 6. The van der Waals surface area contributed by atoms with E-state index in [1.165, 1.54) is 23.0 Å². The Bertz CT molecular complexity index is 2100. The minimum atomic E-state index is -1.48. The van der Waals surface area contributed by atoms with E-state index in [-0.39, 0.29) is 30.4 Å². The first-order chi connectivity index (χ1) is 24.2. The van der Waals surface area contributed by atoms with E-state index >= 15 is 4.79 Å². The van der Waals surface area contributed by atoms with Crippen molar-refractivity contribution in [2.75, 3.05) is 16.9 Å². The molecule has 2 saturated heterocycles. The Hall–Kier alpha value is -5.21. The molecule has 4 aliphatic rings. The molecule has 0 bridgehead atoms. The van der Waals surface area contributed by atoms with E-state index in [1.54, 1.807) is 36.4 Å². The predicted molar refractivity (Wildman–Crippen MR) is 189 cm³/mol. The summed E-state index contributed by atoms with van der Waals surface area (Å²) < 4.78 is 5.41. The van der Waals surface area contributed by atoms with Crippen LogP contribution in [0.1, 0.15) is 42.4 Å². The maximum absolute atomic E-state index is 15.3. The van der Waals surface area contributed by atoms with Crippen molar-refractivity contribution < 1.29 is 29.0 Å². The number of carbonyl (C=O) groups is 4. The molecule has 9 heteroatoms. The normalized spacial score (nSPS) is 27.2. The molecule has 50 heavy (non-hydrogen) atoms. The number of benzene rings is 4. The number of phenolic OH excluding ortho intramolecular Hbond substituents is 1. The molecule has 1 saturated carbocycles. The lowest BCUT2D eigenvalue weighted by Gasteiger charge is -2.50. The molecule has 4 aromatic carbocycles. The van der Waals surface area contributed by atoms with Crippen molar-refractivity contribution in [2.45, 2.75) is 37.5 Å². The quantitative estimate of drug-likeness (QED) is 0.173. The molecule has 4 aromatic rings. The van der Waals surface area contributed by atoms with E-state index in [9.17, 15) is 19.5 Å². The number of hydrogen-bond donors (Lipinski definition) is 1. The van der Waals surface area contributed by atoms with Crippen LogP contribution in [0.3, 0.4) is 0 Å². The van der Waals surface area contributed by atoms with E-state index < -0.39 is 46.8 Å². The number of nitrogens with zero attached hydrogens (tertiary/aromatic N) is 2. The second kappa shape index (κ2) is 12.0. The van der Waals surface area contributed by atoms with Crippen LogP contribution in [0.15, 0.2) is 109 Å². The number of aromatic hydroxyl groups is 1. The molecule has 8 nitrogen and oxygen atoms in total. The number of rotatable bonds is 6. The second-order valence-electron chi connectivity index (χ2n) is 13.6. The minimum absolute atomic E-state index is 0.0972. The van der Waals surface area contributed by atoms with E-state index in [0.29, 0.717) is 33.3 Å². The number of phenols is 1. The fraction of sp³-hybridized carbons (Fsp3) is 0.268. The molecule has 8 rings (SSSR count). The fourth-order valence-corrected chi connectivity index (χ4v) is 9.30. The van der Waals surface area contributed by atoms with Crippen molar-refractivity contribution in [1.29, 1.82) is 0 Å². The van der Waals surface area contributed by atoms with Crippen LogP contribution in [0.2, 0.25) is 5.02 Å². The molecular formula is C41H35ClN2O6. The molecule has 252 valence electrons. The first-order valence-electron chi connectivity index (χ1n) is 16.9. The van der Waals surface area contributed by atoms with Gasteiger partial charge in [0.05, 0.1) is 41.7 Å². The topological polar surface area (TPSA) is 104 Å². The Kier molecular flexibility index (Phi) is 7.68. The van der Waals surface area contributed by atoms with Gasteiger partial charge in [-0.1, -0.05) is 84.8 Å². The van der Waals surface area contributed by atoms with Crippen LogP contribution in [0.4, 0.5) is 11.4 Å². The summed E-state index contributed by atoms with van der Waals surface area (Å²) in [4.78, 5) is 61.2. The summed E-state index contributed by atoms with van der Waals surface area (Å²) in [6, 6.07) is 28.3. The third-order valence-electron chi connectivity index (χ3n) is 11.3. The molecule has 2 aliphatic heterocycles. The molecule has 0 radical (unpaired) electrons. The Morgan fingerprint density at radius 3 is 2.26 bits per heavy atom. The van der Waals surface area contributed by atoms with Gasteiger partial charge in [0, 0.05) is 22.6 Å². The van der Waals surface area contributed by atoms with Gasteiger partial charge in [0.15, 0.2) is 0 Å². The van der Waals surface area contributed by atoms with Gasteiger partial charge in [-0.15, -0.1) is 0 Å². The molecule has 6 unspecified atom stereocenters. The lowest BCUT2D eigenvalue weighted by atomic mass is 9.49. The van der Waals surface area contributed by atoms with Gasteiger partial charge in [0.2, 0.25) is 23.6 Å². The van der Waals surface area contributed by atoms with Crippen LogP contribution in [-0.4, -0.2) is 35.8 Å². The number of amides is 4. The van der Waals surface area contributed by atoms with Crippen molar-refractivity contribution >= 4 is 46.6 Å². The monoisotopic (exact) mass is 686 g/mol. The lowest BCUT2D eigenvalue weighted by molar-refractivity contribution is -0.127. The molecule has 3 fully saturated rings. The number of anilines is 2. The highest BCUT2D eigenvalue weighted by molar-refractivity contribution is 6.32.